The Hall–Kier alpha value is -0.0400. The number of rotatable bonds is 1. The van der Waals surface area contributed by atoms with E-state index < -0.39 is 0 Å². The lowest BCUT2D eigenvalue weighted by atomic mass is 9.68. The minimum atomic E-state index is 0.735. The Labute approximate surface area is 75.9 Å². The standard InChI is InChI=1S/C11H21N/c1-2-10-4-3-5-11(8-10)6-7-12-9-11/h10,12H,2-9H2,1H3. The Morgan fingerprint density at radius 2 is 2.33 bits per heavy atom. The largest absolute Gasteiger partial charge is 0.316 e. The fourth-order valence-corrected chi connectivity index (χ4v) is 3.11. The minimum Gasteiger partial charge on any atom is -0.316 e. The van der Waals surface area contributed by atoms with Gasteiger partial charge in [0, 0.05) is 6.54 Å². The molecule has 1 saturated heterocycles. The first kappa shape index (κ1) is 8.55. The Balaban J connectivity index is 1.97. The summed E-state index contributed by atoms with van der Waals surface area (Å²) < 4.78 is 0. The van der Waals surface area contributed by atoms with E-state index in [1.54, 1.807) is 0 Å². The molecule has 1 aliphatic heterocycles. The molecular formula is C11H21N. The van der Waals surface area contributed by atoms with Crippen LogP contribution in [0.15, 0.2) is 0 Å². The van der Waals surface area contributed by atoms with Crippen LogP contribution in [-0.2, 0) is 0 Å². The van der Waals surface area contributed by atoms with Gasteiger partial charge in [-0.1, -0.05) is 26.2 Å². The summed E-state index contributed by atoms with van der Waals surface area (Å²) in [6, 6.07) is 0. The van der Waals surface area contributed by atoms with Crippen LogP contribution in [0, 0.1) is 11.3 Å². The van der Waals surface area contributed by atoms with Gasteiger partial charge in [-0.2, -0.15) is 0 Å². The molecule has 0 amide bonds. The molecule has 2 atom stereocenters. The van der Waals surface area contributed by atoms with E-state index in [0.29, 0.717) is 0 Å². The van der Waals surface area contributed by atoms with Crippen LogP contribution in [0.25, 0.3) is 0 Å². The molecule has 0 radical (unpaired) electrons. The van der Waals surface area contributed by atoms with Crippen molar-refractivity contribution in [3.05, 3.63) is 0 Å². The molecule has 0 aromatic heterocycles. The van der Waals surface area contributed by atoms with Crippen molar-refractivity contribution in [2.45, 2.75) is 45.4 Å². The predicted octanol–water partition coefficient (Wildman–Crippen LogP) is 2.57. The van der Waals surface area contributed by atoms with Crippen LogP contribution in [-0.4, -0.2) is 13.1 Å². The minimum absolute atomic E-state index is 0.735. The van der Waals surface area contributed by atoms with Gasteiger partial charge < -0.3 is 5.32 Å². The summed E-state index contributed by atoms with van der Waals surface area (Å²) in [6.45, 7) is 4.94. The summed E-state index contributed by atoms with van der Waals surface area (Å²) in [7, 11) is 0. The third kappa shape index (κ3) is 1.52. The first-order valence-electron chi connectivity index (χ1n) is 5.55. The first-order chi connectivity index (χ1) is 5.85. The Morgan fingerprint density at radius 3 is 3.00 bits per heavy atom. The number of hydrogen-bond acceptors (Lipinski definition) is 1. The van der Waals surface area contributed by atoms with Crippen molar-refractivity contribution in [1.82, 2.24) is 5.32 Å². The fourth-order valence-electron chi connectivity index (χ4n) is 3.11. The van der Waals surface area contributed by atoms with E-state index in [9.17, 15) is 0 Å². The highest BCUT2D eigenvalue weighted by Gasteiger charge is 2.37. The summed E-state index contributed by atoms with van der Waals surface area (Å²) in [5, 5.41) is 3.53. The molecule has 1 aliphatic carbocycles. The SMILES string of the molecule is CCC1CCCC2(CCNC2)C1. The van der Waals surface area contributed by atoms with Gasteiger partial charge in [-0.25, -0.2) is 0 Å². The van der Waals surface area contributed by atoms with Crippen LogP contribution in [0.1, 0.15) is 45.4 Å². The van der Waals surface area contributed by atoms with Gasteiger partial charge in [-0.15, -0.1) is 0 Å². The van der Waals surface area contributed by atoms with E-state index in [-0.39, 0.29) is 0 Å². The molecule has 2 fully saturated rings. The van der Waals surface area contributed by atoms with Gasteiger partial charge in [0.1, 0.15) is 0 Å². The quantitative estimate of drug-likeness (QED) is 0.633. The Kier molecular flexibility index (Phi) is 2.40. The first-order valence-corrected chi connectivity index (χ1v) is 5.55. The van der Waals surface area contributed by atoms with Crippen LogP contribution < -0.4 is 5.32 Å². The predicted molar refractivity (Wildman–Crippen MR) is 52.2 cm³/mol. The highest BCUT2D eigenvalue weighted by Crippen LogP contribution is 2.44. The van der Waals surface area contributed by atoms with Gasteiger partial charge in [-0.3, -0.25) is 0 Å². The van der Waals surface area contributed by atoms with E-state index in [1.165, 1.54) is 51.6 Å². The fraction of sp³-hybridized carbons (Fsp3) is 1.00. The normalized spacial score (nSPS) is 42.2. The lowest BCUT2D eigenvalue weighted by Crippen LogP contribution is -2.30. The van der Waals surface area contributed by atoms with E-state index in [4.69, 9.17) is 0 Å². The van der Waals surface area contributed by atoms with Gasteiger partial charge in [-0.05, 0) is 37.1 Å². The van der Waals surface area contributed by atoms with Gasteiger partial charge in [0.15, 0.2) is 0 Å². The van der Waals surface area contributed by atoms with Crippen molar-refractivity contribution in [2.75, 3.05) is 13.1 Å². The molecule has 1 nitrogen and oxygen atoms in total. The second-order valence-corrected chi connectivity index (χ2v) is 4.80. The van der Waals surface area contributed by atoms with Crippen molar-refractivity contribution >= 4 is 0 Å². The Morgan fingerprint density at radius 1 is 1.42 bits per heavy atom. The van der Waals surface area contributed by atoms with Gasteiger partial charge in [0.25, 0.3) is 0 Å². The second kappa shape index (κ2) is 3.37. The highest BCUT2D eigenvalue weighted by molar-refractivity contribution is 4.92. The van der Waals surface area contributed by atoms with E-state index >= 15 is 0 Å². The van der Waals surface area contributed by atoms with E-state index in [2.05, 4.69) is 12.2 Å². The molecule has 1 saturated carbocycles. The van der Waals surface area contributed by atoms with E-state index in [1.807, 2.05) is 0 Å². The molecule has 12 heavy (non-hydrogen) atoms. The Bertz CT molecular complexity index is 147. The average molecular weight is 167 g/mol. The molecule has 2 unspecified atom stereocenters. The van der Waals surface area contributed by atoms with Gasteiger partial charge >= 0.3 is 0 Å². The molecular weight excluding hydrogens is 146 g/mol. The zero-order valence-electron chi connectivity index (χ0n) is 8.23. The molecule has 1 N–H and O–H groups in total. The lowest BCUT2D eigenvalue weighted by molar-refractivity contribution is 0.156. The molecule has 2 aliphatic rings. The average Bonchev–Trinajstić information content (AvgIpc) is 2.53. The van der Waals surface area contributed by atoms with Crippen LogP contribution >= 0.6 is 0 Å². The molecule has 0 aromatic carbocycles. The van der Waals surface area contributed by atoms with Crippen molar-refractivity contribution in [3.8, 4) is 0 Å². The third-order valence-electron chi connectivity index (χ3n) is 3.95. The van der Waals surface area contributed by atoms with Crippen molar-refractivity contribution in [1.29, 1.82) is 0 Å². The zero-order chi connectivity index (χ0) is 8.44. The smallest absolute Gasteiger partial charge is 0.000839 e. The molecule has 1 heteroatoms. The summed E-state index contributed by atoms with van der Waals surface area (Å²) in [5.41, 5.74) is 0.735. The molecule has 0 bridgehead atoms. The monoisotopic (exact) mass is 167 g/mol. The van der Waals surface area contributed by atoms with Gasteiger partial charge in [0.05, 0.1) is 0 Å². The summed E-state index contributed by atoms with van der Waals surface area (Å²) in [5.74, 6) is 1.04. The second-order valence-electron chi connectivity index (χ2n) is 4.80. The molecule has 1 spiro atoms. The zero-order valence-corrected chi connectivity index (χ0v) is 8.23. The molecule has 1 heterocycles. The van der Waals surface area contributed by atoms with E-state index in [0.717, 1.165) is 11.3 Å². The molecule has 70 valence electrons. The highest BCUT2D eigenvalue weighted by atomic mass is 14.9. The van der Waals surface area contributed by atoms with Crippen LogP contribution in [0.2, 0.25) is 0 Å². The van der Waals surface area contributed by atoms with Gasteiger partial charge in [0.2, 0.25) is 0 Å². The topological polar surface area (TPSA) is 12.0 Å². The van der Waals surface area contributed by atoms with Crippen molar-refractivity contribution in [2.24, 2.45) is 11.3 Å². The number of nitrogens with one attached hydrogen (secondary N) is 1. The van der Waals surface area contributed by atoms with Crippen molar-refractivity contribution < 1.29 is 0 Å². The maximum atomic E-state index is 3.53. The number of hydrogen-bond donors (Lipinski definition) is 1. The summed E-state index contributed by atoms with van der Waals surface area (Å²) in [4.78, 5) is 0. The summed E-state index contributed by atoms with van der Waals surface area (Å²) in [6.07, 6.45) is 8.84. The third-order valence-corrected chi connectivity index (χ3v) is 3.95. The lowest BCUT2D eigenvalue weighted by Gasteiger charge is -2.37. The van der Waals surface area contributed by atoms with Crippen molar-refractivity contribution in [3.63, 3.8) is 0 Å². The van der Waals surface area contributed by atoms with Crippen LogP contribution in [0.5, 0.6) is 0 Å². The molecule has 0 aromatic rings. The van der Waals surface area contributed by atoms with Crippen LogP contribution in [0.4, 0.5) is 0 Å². The maximum absolute atomic E-state index is 3.53. The maximum Gasteiger partial charge on any atom is 0.000839 e. The molecule has 2 rings (SSSR count). The van der Waals surface area contributed by atoms with Crippen LogP contribution in [0.3, 0.4) is 0 Å². The summed E-state index contributed by atoms with van der Waals surface area (Å²) >= 11 is 0.